The highest BCUT2D eigenvalue weighted by Gasteiger charge is 2.37. The normalized spacial score (nSPS) is 20.7. The topological polar surface area (TPSA) is 20.2 Å². The fraction of sp³-hybridized carbons (Fsp3) is 0.333. The highest BCUT2D eigenvalue weighted by Crippen LogP contribution is 2.35. The lowest BCUT2D eigenvalue weighted by molar-refractivity contribution is 0.135. The molecular weight excluding hydrogens is 366 g/mol. The van der Waals surface area contributed by atoms with Crippen LogP contribution in [0.4, 0.5) is 0 Å². The van der Waals surface area contributed by atoms with Gasteiger partial charge in [-0.2, -0.15) is 0 Å². The van der Waals surface area contributed by atoms with Crippen LogP contribution in [0, 0.1) is 6.92 Å². The predicted octanol–water partition coefficient (Wildman–Crippen LogP) is 5.94. The standard InChI is InChI=1S/C27H33N3/c1-4-24-11-10-23(19-25(24)5-2)21-29-16-12-27(13-17-29)26-18-22(3)20-30(26)15-9-7-6-8-14-28-27/h4-5,8-11,14-15,18-20,28H,1-2,6-7,12-13,16-17,21H2,3H3/b14-8+,15-9+. The van der Waals surface area contributed by atoms with Gasteiger partial charge in [-0.3, -0.25) is 4.90 Å². The molecule has 156 valence electrons. The van der Waals surface area contributed by atoms with Crippen LogP contribution in [0.15, 0.2) is 62.0 Å². The molecule has 0 saturated carbocycles. The van der Waals surface area contributed by atoms with Gasteiger partial charge < -0.3 is 9.88 Å². The second-order valence-electron chi connectivity index (χ2n) is 8.55. The van der Waals surface area contributed by atoms with Crippen molar-refractivity contribution in [2.24, 2.45) is 0 Å². The number of hydrogen-bond donors (Lipinski definition) is 1. The number of hydrogen-bond acceptors (Lipinski definition) is 2. The number of aryl methyl sites for hydroxylation is 1. The minimum absolute atomic E-state index is 0.0120. The Labute approximate surface area is 181 Å². The van der Waals surface area contributed by atoms with Crippen molar-refractivity contribution in [1.29, 1.82) is 0 Å². The minimum Gasteiger partial charge on any atom is -0.380 e. The molecule has 0 bridgehead atoms. The van der Waals surface area contributed by atoms with Crippen molar-refractivity contribution in [3.63, 3.8) is 0 Å². The number of aromatic nitrogens is 1. The number of piperidine rings is 1. The zero-order valence-electron chi connectivity index (χ0n) is 18.1. The molecule has 1 saturated heterocycles. The Morgan fingerprint density at radius 3 is 2.57 bits per heavy atom. The summed E-state index contributed by atoms with van der Waals surface area (Å²) in [6.45, 7) is 13.2. The number of nitrogens with one attached hydrogen (secondary N) is 1. The average Bonchev–Trinajstić information content (AvgIpc) is 3.15. The van der Waals surface area contributed by atoms with Crippen LogP contribution in [-0.4, -0.2) is 22.6 Å². The number of benzene rings is 1. The van der Waals surface area contributed by atoms with Crippen LogP contribution in [-0.2, 0) is 12.1 Å². The van der Waals surface area contributed by atoms with Crippen LogP contribution in [0.1, 0.15) is 53.6 Å². The van der Waals surface area contributed by atoms with Crippen molar-refractivity contribution in [3.8, 4) is 0 Å². The number of allylic oxidation sites excluding steroid dienone is 2. The van der Waals surface area contributed by atoms with E-state index in [1.165, 1.54) is 16.8 Å². The van der Waals surface area contributed by atoms with Gasteiger partial charge in [-0.05, 0) is 73.2 Å². The van der Waals surface area contributed by atoms with Gasteiger partial charge >= 0.3 is 0 Å². The van der Waals surface area contributed by atoms with Gasteiger partial charge in [-0.15, -0.1) is 0 Å². The molecule has 0 unspecified atom stereocenters. The number of rotatable bonds is 4. The smallest absolute Gasteiger partial charge is 0.0798 e. The monoisotopic (exact) mass is 399 g/mol. The lowest BCUT2D eigenvalue weighted by Crippen LogP contribution is -2.50. The van der Waals surface area contributed by atoms with Crippen LogP contribution in [0.2, 0.25) is 0 Å². The van der Waals surface area contributed by atoms with Crippen LogP contribution < -0.4 is 5.32 Å². The maximum atomic E-state index is 3.95. The molecule has 4 rings (SSSR count). The molecule has 1 fully saturated rings. The highest BCUT2D eigenvalue weighted by atomic mass is 15.2. The quantitative estimate of drug-likeness (QED) is 0.686. The molecule has 0 atom stereocenters. The van der Waals surface area contributed by atoms with Crippen molar-refractivity contribution in [2.45, 2.75) is 44.7 Å². The van der Waals surface area contributed by atoms with E-state index in [0.29, 0.717) is 0 Å². The first-order valence-corrected chi connectivity index (χ1v) is 11.0. The summed E-state index contributed by atoms with van der Waals surface area (Å²) in [6.07, 6.45) is 19.4. The fourth-order valence-electron chi connectivity index (χ4n) is 4.72. The number of likely N-dealkylation sites (tertiary alicyclic amines) is 1. The molecule has 3 heteroatoms. The summed E-state index contributed by atoms with van der Waals surface area (Å²) in [6, 6.07) is 8.98. The molecule has 2 aliphatic rings. The third-order valence-electron chi connectivity index (χ3n) is 6.43. The minimum atomic E-state index is -0.0120. The van der Waals surface area contributed by atoms with E-state index in [2.05, 4.69) is 89.9 Å². The third-order valence-corrected chi connectivity index (χ3v) is 6.43. The van der Waals surface area contributed by atoms with Crippen molar-refractivity contribution in [1.82, 2.24) is 14.8 Å². The predicted molar refractivity (Wildman–Crippen MR) is 129 cm³/mol. The van der Waals surface area contributed by atoms with E-state index in [0.717, 1.165) is 56.4 Å². The second kappa shape index (κ2) is 8.93. The van der Waals surface area contributed by atoms with Gasteiger partial charge in [-0.25, -0.2) is 0 Å². The molecule has 2 aromatic rings. The summed E-state index contributed by atoms with van der Waals surface area (Å²) in [5.41, 5.74) is 6.34. The van der Waals surface area contributed by atoms with E-state index in [-0.39, 0.29) is 5.54 Å². The first-order chi connectivity index (χ1) is 14.6. The first kappa shape index (κ1) is 20.5. The van der Waals surface area contributed by atoms with Gasteiger partial charge in [0.05, 0.1) is 5.54 Å². The largest absolute Gasteiger partial charge is 0.380 e. The van der Waals surface area contributed by atoms with Crippen LogP contribution in [0.25, 0.3) is 18.4 Å². The van der Waals surface area contributed by atoms with Crippen LogP contribution >= 0.6 is 0 Å². The number of fused-ring (bicyclic) bond motifs is 2. The van der Waals surface area contributed by atoms with E-state index in [1.54, 1.807) is 0 Å². The molecule has 1 aromatic carbocycles. The molecule has 1 aromatic heterocycles. The summed E-state index contributed by atoms with van der Waals surface area (Å²) in [7, 11) is 0. The second-order valence-corrected chi connectivity index (χ2v) is 8.55. The van der Waals surface area contributed by atoms with Gasteiger partial charge in [0.25, 0.3) is 0 Å². The van der Waals surface area contributed by atoms with Gasteiger partial charge in [-0.1, -0.05) is 49.6 Å². The Morgan fingerprint density at radius 2 is 1.80 bits per heavy atom. The third kappa shape index (κ3) is 4.22. The fourth-order valence-corrected chi connectivity index (χ4v) is 4.72. The van der Waals surface area contributed by atoms with Crippen LogP contribution in [0.5, 0.6) is 0 Å². The summed E-state index contributed by atoms with van der Waals surface area (Å²) in [4.78, 5) is 2.57. The zero-order valence-corrected chi connectivity index (χ0v) is 18.1. The summed E-state index contributed by atoms with van der Waals surface area (Å²) in [5.74, 6) is 0. The Hall–Kier alpha value is -2.78. The van der Waals surface area contributed by atoms with E-state index in [4.69, 9.17) is 0 Å². The van der Waals surface area contributed by atoms with E-state index in [1.807, 2.05) is 12.2 Å². The average molecular weight is 400 g/mol. The molecule has 1 N–H and O–H groups in total. The van der Waals surface area contributed by atoms with Crippen molar-refractivity contribution in [3.05, 3.63) is 89.9 Å². The Balaban J connectivity index is 1.53. The molecular formula is C27H33N3. The van der Waals surface area contributed by atoms with Gasteiger partial charge in [0.15, 0.2) is 0 Å². The molecule has 3 heterocycles. The molecule has 0 amide bonds. The van der Waals surface area contributed by atoms with Crippen molar-refractivity contribution >= 4 is 18.4 Å². The maximum Gasteiger partial charge on any atom is 0.0798 e. The van der Waals surface area contributed by atoms with Gasteiger partial charge in [0, 0.05) is 37.7 Å². The van der Waals surface area contributed by atoms with E-state index < -0.39 is 0 Å². The Morgan fingerprint density at radius 1 is 1.03 bits per heavy atom. The van der Waals surface area contributed by atoms with Gasteiger partial charge in [0.1, 0.15) is 0 Å². The maximum absolute atomic E-state index is 3.95. The summed E-state index contributed by atoms with van der Waals surface area (Å²) >= 11 is 0. The number of nitrogens with zero attached hydrogens (tertiary/aromatic N) is 2. The first-order valence-electron chi connectivity index (χ1n) is 11.0. The Bertz CT molecular complexity index is 968. The van der Waals surface area contributed by atoms with Crippen LogP contribution in [0.3, 0.4) is 0 Å². The molecule has 0 aliphatic carbocycles. The molecule has 0 radical (unpaired) electrons. The van der Waals surface area contributed by atoms with E-state index in [9.17, 15) is 0 Å². The lowest BCUT2D eigenvalue weighted by Gasteiger charge is -2.43. The summed E-state index contributed by atoms with van der Waals surface area (Å²) < 4.78 is 2.33. The molecule has 3 nitrogen and oxygen atoms in total. The van der Waals surface area contributed by atoms with Crippen molar-refractivity contribution < 1.29 is 0 Å². The van der Waals surface area contributed by atoms with Gasteiger partial charge in [0.2, 0.25) is 0 Å². The molecule has 1 spiro atoms. The molecule has 2 aliphatic heterocycles. The van der Waals surface area contributed by atoms with E-state index >= 15 is 0 Å². The highest BCUT2D eigenvalue weighted by molar-refractivity contribution is 5.64. The lowest BCUT2D eigenvalue weighted by atomic mass is 9.83. The van der Waals surface area contributed by atoms with Crippen molar-refractivity contribution in [2.75, 3.05) is 13.1 Å². The summed E-state index contributed by atoms with van der Waals surface area (Å²) in [5, 5.41) is 3.81. The SMILES string of the molecule is C=Cc1ccc(CN2CCC3(CC2)N/C=C/CC/C=C/n2cc(C)cc23)cc1C=C. The molecule has 30 heavy (non-hydrogen) atoms. The Kier molecular flexibility index (Phi) is 6.10. The zero-order chi connectivity index (χ0) is 21.0.